The summed E-state index contributed by atoms with van der Waals surface area (Å²) in [6.45, 7) is 1.70. The summed E-state index contributed by atoms with van der Waals surface area (Å²) in [5.41, 5.74) is 0.450. The lowest BCUT2D eigenvalue weighted by atomic mass is 10.1. The van der Waals surface area contributed by atoms with Crippen LogP contribution in [-0.4, -0.2) is 35.5 Å². The molecule has 1 rings (SSSR count). The van der Waals surface area contributed by atoms with Gasteiger partial charge in [-0.1, -0.05) is 38.0 Å². The number of hydrogen-bond acceptors (Lipinski definition) is 3. The molecule has 21 heavy (non-hydrogen) atoms. The van der Waals surface area contributed by atoms with Gasteiger partial charge in [0.15, 0.2) is 0 Å². The second-order valence-corrected chi connectivity index (χ2v) is 4.65. The summed E-state index contributed by atoms with van der Waals surface area (Å²) in [6, 6.07) is 7.59. The van der Waals surface area contributed by atoms with Crippen molar-refractivity contribution in [3.05, 3.63) is 35.9 Å². The lowest BCUT2D eigenvalue weighted by Crippen LogP contribution is -2.45. The van der Waals surface area contributed by atoms with Crippen LogP contribution >= 0.6 is 0 Å². The van der Waals surface area contributed by atoms with E-state index in [1.165, 1.54) is 0 Å². The standard InChI is InChI=1S/C15H20N2O4/c1-2-3-9-12(15(20)21)17-13(18)10-16-14(19)11-7-5-4-6-8-11/h4-8,12H,2-3,9-10H2,1H3,(H,16,19)(H,17,18)(H,20,21)/t12-/m1/s1. The summed E-state index contributed by atoms with van der Waals surface area (Å²) in [4.78, 5) is 34.4. The van der Waals surface area contributed by atoms with Gasteiger partial charge in [-0.25, -0.2) is 4.79 Å². The summed E-state index contributed by atoms with van der Waals surface area (Å²) in [7, 11) is 0. The van der Waals surface area contributed by atoms with Gasteiger partial charge in [-0.3, -0.25) is 9.59 Å². The second kappa shape index (κ2) is 8.73. The van der Waals surface area contributed by atoms with E-state index in [1.807, 2.05) is 6.92 Å². The van der Waals surface area contributed by atoms with E-state index in [0.29, 0.717) is 18.4 Å². The van der Waals surface area contributed by atoms with Gasteiger partial charge in [0.05, 0.1) is 6.54 Å². The number of benzene rings is 1. The highest BCUT2D eigenvalue weighted by molar-refractivity contribution is 5.96. The number of carbonyl (C=O) groups is 3. The minimum atomic E-state index is -1.06. The van der Waals surface area contributed by atoms with Crippen LogP contribution < -0.4 is 10.6 Å². The molecule has 0 radical (unpaired) electrons. The highest BCUT2D eigenvalue weighted by Gasteiger charge is 2.19. The largest absolute Gasteiger partial charge is 0.480 e. The molecule has 2 amide bonds. The zero-order chi connectivity index (χ0) is 15.7. The quantitative estimate of drug-likeness (QED) is 0.670. The number of amides is 2. The summed E-state index contributed by atoms with van der Waals surface area (Å²) < 4.78 is 0. The maximum absolute atomic E-state index is 11.7. The van der Waals surface area contributed by atoms with Crippen LogP contribution in [0, 0.1) is 0 Å². The van der Waals surface area contributed by atoms with E-state index in [4.69, 9.17) is 5.11 Å². The number of rotatable bonds is 8. The number of nitrogens with one attached hydrogen (secondary N) is 2. The Kier molecular flexibility index (Phi) is 6.94. The number of hydrogen-bond donors (Lipinski definition) is 3. The molecule has 0 saturated heterocycles. The van der Waals surface area contributed by atoms with Gasteiger partial charge < -0.3 is 15.7 Å². The molecule has 1 atom stereocenters. The van der Waals surface area contributed by atoms with Crippen molar-refractivity contribution in [1.82, 2.24) is 10.6 Å². The van der Waals surface area contributed by atoms with Crippen LogP contribution in [0.2, 0.25) is 0 Å². The number of carbonyl (C=O) groups excluding carboxylic acids is 2. The Morgan fingerprint density at radius 1 is 1.19 bits per heavy atom. The molecule has 0 aromatic heterocycles. The van der Waals surface area contributed by atoms with Gasteiger partial charge >= 0.3 is 5.97 Å². The van der Waals surface area contributed by atoms with Crippen LogP contribution in [0.1, 0.15) is 36.5 Å². The molecule has 0 aliphatic rings. The summed E-state index contributed by atoms with van der Waals surface area (Å²) in [5, 5.41) is 13.9. The predicted molar refractivity (Wildman–Crippen MR) is 77.9 cm³/mol. The average molecular weight is 292 g/mol. The molecule has 3 N–H and O–H groups in total. The molecule has 0 unspecified atom stereocenters. The third-order valence-corrected chi connectivity index (χ3v) is 2.93. The lowest BCUT2D eigenvalue weighted by Gasteiger charge is -2.14. The van der Waals surface area contributed by atoms with E-state index in [2.05, 4.69) is 10.6 Å². The van der Waals surface area contributed by atoms with Gasteiger partial charge in [0.25, 0.3) is 5.91 Å². The number of carboxylic acid groups (broad SMARTS) is 1. The molecule has 1 aromatic carbocycles. The third kappa shape index (κ3) is 6.07. The molecule has 114 valence electrons. The Morgan fingerprint density at radius 3 is 2.43 bits per heavy atom. The first-order valence-corrected chi connectivity index (χ1v) is 6.90. The van der Waals surface area contributed by atoms with Gasteiger partial charge in [0.2, 0.25) is 5.91 Å². The van der Waals surface area contributed by atoms with Crippen LogP contribution in [0.3, 0.4) is 0 Å². The van der Waals surface area contributed by atoms with E-state index in [1.54, 1.807) is 30.3 Å². The van der Waals surface area contributed by atoms with Gasteiger partial charge in [0, 0.05) is 5.56 Å². The molecule has 0 aliphatic heterocycles. The normalized spacial score (nSPS) is 11.5. The van der Waals surface area contributed by atoms with Crippen LogP contribution in [0.15, 0.2) is 30.3 Å². The Hall–Kier alpha value is -2.37. The first-order chi connectivity index (χ1) is 10.0. The van der Waals surface area contributed by atoms with Crippen molar-refractivity contribution in [2.75, 3.05) is 6.54 Å². The van der Waals surface area contributed by atoms with Gasteiger partial charge in [-0.2, -0.15) is 0 Å². The van der Waals surface area contributed by atoms with Crippen molar-refractivity contribution in [3.8, 4) is 0 Å². The fourth-order valence-electron chi connectivity index (χ4n) is 1.76. The molecule has 6 heteroatoms. The smallest absolute Gasteiger partial charge is 0.326 e. The number of carboxylic acids is 1. The Balaban J connectivity index is 2.42. The summed E-state index contributed by atoms with van der Waals surface area (Å²) in [6.07, 6.45) is 1.95. The predicted octanol–water partition coefficient (Wildman–Crippen LogP) is 1.18. The first kappa shape index (κ1) is 16.7. The van der Waals surface area contributed by atoms with Crippen molar-refractivity contribution in [3.63, 3.8) is 0 Å². The maximum Gasteiger partial charge on any atom is 0.326 e. The summed E-state index contributed by atoms with van der Waals surface area (Å²) in [5.74, 6) is -1.94. The monoisotopic (exact) mass is 292 g/mol. The van der Waals surface area contributed by atoms with Crippen LogP contribution in [-0.2, 0) is 9.59 Å². The molecule has 6 nitrogen and oxygen atoms in total. The zero-order valence-electron chi connectivity index (χ0n) is 12.0. The SMILES string of the molecule is CCCC[C@@H](NC(=O)CNC(=O)c1ccccc1)C(=O)O. The highest BCUT2D eigenvalue weighted by atomic mass is 16.4. The molecule has 0 spiro atoms. The zero-order valence-corrected chi connectivity index (χ0v) is 12.0. The van der Waals surface area contributed by atoms with E-state index in [0.717, 1.165) is 6.42 Å². The van der Waals surface area contributed by atoms with Crippen LogP contribution in [0.4, 0.5) is 0 Å². The second-order valence-electron chi connectivity index (χ2n) is 4.65. The highest BCUT2D eigenvalue weighted by Crippen LogP contribution is 2.01. The molecule has 0 fully saturated rings. The molecule has 0 aliphatic carbocycles. The topological polar surface area (TPSA) is 95.5 Å². The summed E-state index contributed by atoms with van der Waals surface area (Å²) >= 11 is 0. The minimum Gasteiger partial charge on any atom is -0.480 e. The molecule has 0 saturated carbocycles. The van der Waals surface area contributed by atoms with Gasteiger partial charge in [0.1, 0.15) is 6.04 Å². The molecule has 0 heterocycles. The minimum absolute atomic E-state index is 0.246. The number of aliphatic carboxylic acids is 1. The molecule has 1 aromatic rings. The number of unbranched alkanes of at least 4 members (excludes halogenated alkanes) is 1. The van der Waals surface area contributed by atoms with Gasteiger partial charge in [-0.05, 0) is 18.6 Å². The Bertz CT molecular complexity index is 488. The molecule has 0 bridgehead atoms. The average Bonchev–Trinajstić information content (AvgIpc) is 2.49. The van der Waals surface area contributed by atoms with Gasteiger partial charge in [-0.15, -0.1) is 0 Å². The van der Waals surface area contributed by atoms with Crippen LogP contribution in [0.5, 0.6) is 0 Å². The molecular formula is C15H20N2O4. The van der Waals surface area contributed by atoms with Crippen molar-refractivity contribution >= 4 is 17.8 Å². The molecular weight excluding hydrogens is 272 g/mol. The van der Waals surface area contributed by atoms with Crippen molar-refractivity contribution in [1.29, 1.82) is 0 Å². The van der Waals surface area contributed by atoms with Crippen molar-refractivity contribution < 1.29 is 19.5 Å². The Labute approximate surface area is 123 Å². The van der Waals surface area contributed by atoms with Crippen molar-refractivity contribution in [2.24, 2.45) is 0 Å². The van der Waals surface area contributed by atoms with Crippen molar-refractivity contribution in [2.45, 2.75) is 32.2 Å². The Morgan fingerprint density at radius 2 is 1.86 bits per heavy atom. The third-order valence-electron chi connectivity index (χ3n) is 2.93. The fourth-order valence-corrected chi connectivity index (χ4v) is 1.76. The van der Waals surface area contributed by atoms with Crippen LogP contribution in [0.25, 0.3) is 0 Å². The fraction of sp³-hybridized carbons (Fsp3) is 0.400. The van der Waals surface area contributed by atoms with E-state index in [-0.39, 0.29) is 12.5 Å². The lowest BCUT2D eigenvalue weighted by molar-refractivity contribution is -0.141. The first-order valence-electron chi connectivity index (χ1n) is 6.90. The van der Waals surface area contributed by atoms with E-state index < -0.39 is 17.9 Å². The van der Waals surface area contributed by atoms with E-state index >= 15 is 0 Å². The van der Waals surface area contributed by atoms with E-state index in [9.17, 15) is 14.4 Å². The maximum atomic E-state index is 11.7.